The standard InChI is InChI=1S/C14H7Cl2FN2O2/c15-10-3-2-8(20)6-9(10)14-18-13(19-21-14)7-1-4-12(17)11(16)5-7/h1-6,20H. The molecule has 0 aliphatic carbocycles. The van der Waals surface area contributed by atoms with Gasteiger partial charge in [0.1, 0.15) is 11.6 Å². The van der Waals surface area contributed by atoms with Crippen LogP contribution in [0.4, 0.5) is 4.39 Å². The fourth-order valence-electron chi connectivity index (χ4n) is 1.76. The van der Waals surface area contributed by atoms with Gasteiger partial charge in [0.2, 0.25) is 5.82 Å². The summed E-state index contributed by atoms with van der Waals surface area (Å²) in [6.45, 7) is 0. The van der Waals surface area contributed by atoms with Crippen LogP contribution >= 0.6 is 23.2 Å². The van der Waals surface area contributed by atoms with Gasteiger partial charge in [-0.1, -0.05) is 28.4 Å². The van der Waals surface area contributed by atoms with E-state index in [1.165, 1.54) is 36.4 Å². The van der Waals surface area contributed by atoms with Crippen LogP contribution < -0.4 is 0 Å². The summed E-state index contributed by atoms with van der Waals surface area (Å²) in [4.78, 5) is 4.17. The van der Waals surface area contributed by atoms with Crippen molar-refractivity contribution in [2.24, 2.45) is 0 Å². The largest absolute Gasteiger partial charge is 0.508 e. The fourth-order valence-corrected chi connectivity index (χ4v) is 2.14. The van der Waals surface area contributed by atoms with Gasteiger partial charge >= 0.3 is 0 Å². The Morgan fingerprint density at radius 1 is 1.05 bits per heavy atom. The molecular weight excluding hydrogens is 318 g/mol. The smallest absolute Gasteiger partial charge is 0.259 e. The van der Waals surface area contributed by atoms with E-state index in [9.17, 15) is 9.50 Å². The van der Waals surface area contributed by atoms with E-state index < -0.39 is 5.82 Å². The van der Waals surface area contributed by atoms with Crippen molar-refractivity contribution in [3.8, 4) is 28.6 Å². The summed E-state index contributed by atoms with van der Waals surface area (Å²) in [5.41, 5.74) is 0.913. The van der Waals surface area contributed by atoms with Crippen molar-refractivity contribution >= 4 is 23.2 Å². The third kappa shape index (κ3) is 2.70. The predicted molar refractivity (Wildman–Crippen MR) is 76.8 cm³/mol. The second-order valence-corrected chi connectivity index (χ2v) is 5.03. The molecule has 0 unspecified atom stereocenters. The summed E-state index contributed by atoms with van der Waals surface area (Å²) in [5, 5.41) is 13.6. The second kappa shape index (κ2) is 5.35. The number of hydrogen-bond donors (Lipinski definition) is 1. The first-order valence-corrected chi connectivity index (χ1v) is 6.58. The quantitative estimate of drug-likeness (QED) is 0.751. The molecule has 0 radical (unpaired) electrons. The van der Waals surface area contributed by atoms with E-state index in [1.807, 2.05) is 0 Å². The molecule has 0 aliphatic heterocycles. The Morgan fingerprint density at radius 3 is 2.62 bits per heavy atom. The summed E-state index contributed by atoms with van der Waals surface area (Å²) in [6.07, 6.45) is 0. The molecule has 1 aromatic heterocycles. The second-order valence-electron chi connectivity index (χ2n) is 4.22. The minimum Gasteiger partial charge on any atom is -0.508 e. The van der Waals surface area contributed by atoms with Crippen LogP contribution in [-0.4, -0.2) is 15.2 Å². The van der Waals surface area contributed by atoms with Crippen molar-refractivity contribution in [3.05, 3.63) is 52.3 Å². The van der Waals surface area contributed by atoms with Crippen LogP contribution in [-0.2, 0) is 0 Å². The van der Waals surface area contributed by atoms with Gasteiger partial charge < -0.3 is 9.63 Å². The van der Waals surface area contributed by atoms with E-state index >= 15 is 0 Å². The molecule has 3 rings (SSSR count). The van der Waals surface area contributed by atoms with Crippen LogP contribution in [0.25, 0.3) is 22.8 Å². The van der Waals surface area contributed by atoms with E-state index in [1.54, 1.807) is 0 Å². The topological polar surface area (TPSA) is 59.2 Å². The van der Waals surface area contributed by atoms with Crippen LogP contribution in [0.1, 0.15) is 0 Å². The van der Waals surface area contributed by atoms with Gasteiger partial charge in [0, 0.05) is 5.56 Å². The SMILES string of the molecule is Oc1ccc(Cl)c(-c2nc(-c3ccc(F)c(Cl)c3)no2)c1. The summed E-state index contributed by atoms with van der Waals surface area (Å²) in [7, 11) is 0. The highest BCUT2D eigenvalue weighted by atomic mass is 35.5. The maximum Gasteiger partial charge on any atom is 0.259 e. The van der Waals surface area contributed by atoms with Gasteiger partial charge in [0.05, 0.1) is 15.6 Å². The highest BCUT2D eigenvalue weighted by molar-refractivity contribution is 6.33. The predicted octanol–water partition coefficient (Wildman–Crippen LogP) is 4.56. The molecule has 4 nitrogen and oxygen atoms in total. The zero-order valence-corrected chi connectivity index (χ0v) is 11.9. The minimum atomic E-state index is -0.528. The van der Waals surface area contributed by atoms with Crippen LogP contribution in [0.2, 0.25) is 10.0 Å². The lowest BCUT2D eigenvalue weighted by Crippen LogP contribution is -1.84. The lowest BCUT2D eigenvalue weighted by molar-refractivity contribution is 0.431. The van der Waals surface area contributed by atoms with Crippen LogP contribution in [0, 0.1) is 5.82 Å². The van der Waals surface area contributed by atoms with E-state index in [4.69, 9.17) is 27.7 Å². The lowest BCUT2D eigenvalue weighted by Gasteiger charge is -1.99. The zero-order valence-electron chi connectivity index (χ0n) is 10.3. The molecule has 0 aliphatic rings. The molecule has 0 atom stereocenters. The summed E-state index contributed by atoms with van der Waals surface area (Å²) < 4.78 is 18.3. The van der Waals surface area contributed by atoms with E-state index in [-0.39, 0.29) is 22.5 Å². The van der Waals surface area contributed by atoms with Crippen molar-refractivity contribution in [2.75, 3.05) is 0 Å². The van der Waals surface area contributed by atoms with Gasteiger partial charge in [-0.2, -0.15) is 4.98 Å². The number of benzene rings is 2. The van der Waals surface area contributed by atoms with E-state index in [0.717, 1.165) is 0 Å². The molecule has 0 fully saturated rings. The Balaban J connectivity index is 2.03. The number of hydrogen-bond acceptors (Lipinski definition) is 4. The van der Waals surface area contributed by atoms with E-state index in [0.29, 0.717) is 16.1 Å². The maximum absolute atomic E-state index is 13.1. The number of nitrogens with zero attached hydrogens (tertiary/aromatic N) is 2. The molecule has 106 valence electrons. The number of halogens is 3. The molecule has 0 spiro atoms. The Hall–Kier alpha value is -2.11. The Morgan fingerprint density at radius 2 is 1.86 bits per heavy atom. The summed E-state index contributed by atoms with van der Waals surface area (Å²) in [6, 6.07) is 8.48. The Kier molecular flexibility index (Phi) is 3.53. The Labute approximate surface area is 128 Å². The van der Waals surface area contributed by atoms with Crippen LogP contribution in [0.3, 0.4) is 0 Å². The van der Waals surface area contributed by atoms with Gasteiger partial charge in [-0.25, -0.2) is 4.39 Å². The third-order valence-electron chi connectivity index (χ3n) is 2.78. The Bertz CT molecular complexity index is 820. The first-order valence-electron chi connectivity index (χ1n) is 5.82. The molecule has 0 saturated heterocycles. The molecule has 1 heterocycles. The van der Waals surface area contributed by atoms with Crippen molar-refractivity contribution < 1.29 is 14.0 Å². The molecule has 3 aromatic rings. The monoisotopic (exact) mass is 324 g/mol. The van der Waals surface area contributed by atoms with Crippen molar-refractivity contribution in [1.29, 1.82) is 0 Å². The molecule has 2 aromatic carbocycles. The first-order chi connectivity index (χ1) is 10.0. The number of aromatic nitrogens is 2. The average Bonchev–Trinajstić information content (AvgIpc) is 2.94. The minimum absolute atomic E-state index is 0.0268. The molecule has 21 heavy (non-hydrogen) atoms. The van der Waals surface area contributed by atoms with Gasteiger partial charge in [0.25, 0.3) is 5.89 Å². The molecule has 0 saturated carbocycles. The molecule has 0 amide bonds. The highest BCUT2D eigenvalue weighted by Crippen LogP contribution is 2.31. The molecule has 1 N–H and O–H groups in total. The van der Waals surface area contributed by atoms with Gasteiger partial charge in [0.15, 0.2) is 0 Å². The van der Waals surface area contributed by atoms with Crippen LogP contribution in [0.15, 0.2) is 40.9 Å². The number of phenols is 1. The highest BCUT2D eigenvalue weighted by Gasteiger charge is 2.15. The van der Waals surface area contributed by atoms with Gasteiger partial charge in [-0.3, -0.25) is 0 Å². The summed E-state index contributed by atoms with van der Waals surface area (Å²) in [5.74, 6) is -0.114. The van der Waals surface area contributed by atoms with Gasteiger partial charge in [-0.15, -0.1) is 0 Å². The number of aromatic hydroxyl groups is 1. The molecular formula is C14H7Cl2FN2O2. The first kappa shape index (κ1) is 13.9. The van der Waals surface area contributed by atoms with Crippen molar-refractivity contribution in [3.63, 3.8) is 0 Å². The van der Waals surface area contributed by atoms with Crippen molar-refractivity contribution in [2.45, 2.75) is 0 Å². The summed E-state index contributed by atoms with van der Waals surface area (Å²) >= 11 is 11.7. The third-order valence-corrected chi connectivity index (χ3v) is 3.40. The van der Waals surface area contributed by atoms with Gasteiger partial charge in [-0.05, 0) is 36.4 Å². The number of phenolic OH excluding ortho intramolecular Hbond substituents is 1. The molecule has 7 heteroatoms. The average molecular weight is 325 g/mol. The number of rotatable bonds is 2. The molecule has 0 bridgehead atoms. The zero-order chi connectivity index (χ0) is 15.0. The maximum atomic E-state index is 13.1. The van der Waals surface area contributed by atoms with Crippen LogP contribution in [0.5, 0.6) is 5.75 Å². The van der Waals surface area contributed by atoms with E-state index in [2.05, 4.69) is 10.1 Å². The van der Waals surface area contributed by atoms with Crippen molar-refractivity contribution in [1.82, 2.24) is 10.1 Å². The normalized spacial score (nSPS) is 10.8. The lowest BCUT2D eigenvalue weighted by atomic mass is 10.2. The fraction of sp³-hybridized carbons (Fsp3) is 0.